The molecule has 3 aromatic rings. The number of anilines is 1. The zero-order valence-electron chi connectivity index (χ0n) is 18.5. The standard InChI is InChI=1S/C25H22N4O4S/c1-17-2-6-19(7-3-17)27-12-14-28(15-13-27)25-26-24(30)23(34-25)16-21-10-11-22(33-21)18-4-8-20(9-5-18)29(31)32/h2-11,16H,12-15H2,1H3. The summed E-state index contributed by atoms with van der Waals surface area (Å²) in [6.45, 7) is 5.41. The number of non-ortho nitro benzene ring substituents is 1. The number of amidine groups is 1. The highest BCUT2D eigenvalue weighted by Gasteiger charge is 2.29. The van der Waals surface area contributed by atoms with E-state index in [1.165, 1.54) is 35.1 Å². The molecule has 0 saturated carbocycles. The summed E-state index contributed by atoms with van der Waals surface area (Å²) >= 11 is 1.36. The minimum Gasteiger partial charge on any atom is -0.457 e. The second-order valence-corrected chi connectivity index (χ2v) is 9.13. The number of aliphatic imine (C=N–C) groups is 1. The predicted octanol–water partition coefficient (Wildman–Crippen LogP) is 4.96. The van der Waals surface area contributed by atoms with Gasteiger partial charge >= 0.3 is 0 Å². The first-order valence-corrected chi connectivity index (χ1v) is 11.7. The summed E-state index contributed by atoms with van der Waals surface area (Å²) in [6.07, 6.45) is 1.70. The maximum atomic E-state index is 12.5. The molecule has 0 radical (unpaired) electrons. The number of hydrogen-bond donors (Lipinski definition) is 0. The predicted molar refractivity (Wildman–Crippen MR) is 134 cm³/mol. The van der Waals surface area contributed by atoms with Crippen molar-refractivity contribution in [3.8, 4) is 11.3 Å². The normalized spacial score (nSPS) is 17.4. The summed E-state index contributed by atoms with van der Waals surface area (Å²) in [6, 6.07) is 18.2. The Morgan fingerprint density at radius 1 is 0.971 bits per heavy atom. The van der Waals surface area contributed by atoms with E-state index in [0.29, 0.717) is 16.4 Å². The molecular formula is C25H22N4O4S. The van der Waals surface area contributed by atoms with E-state index >= 15 is 0 Å². The molecule has 0 spiro atoms. The number of thioether (sulfide) groups is 1. The van der Waals surface area contributed by atoms with Gasteiger partial charge in [-0.25, -0.2) is 0 Å². The Labute approximate surface area is 200 Å². The molecule has 1 aromatic heterocycles. The SMILES string of the molecule is Cc1ccc(N2CCN(C3=NC(=O)C(=Cc4ccc(-c5ccc([N+](=O)[O-])cc5)o4)S3)CC2)cc1. The van der Waals surface area contributed by atoms with Crippen molar-refractivity contribution in [2.24, 2.45) is 4.99 Å². The number of carbonyl (C=O) groups is 1. The van der Waals surface area contributed by atoms with Crippen molar-refractivity contribution in [3.05, 3.63) is 87.0 Å². The quantitative estimate of drug-likeness (QED) is 0.300. The van der Waals surface area contributed by atoms with E-state index in [9.17, 15) is 14.9 Å². The van der Waals surface area contributed by atoms with Crippen molar-refractivity contribution in [1.82, 2.24) is 4.90 Å². The number of nitrogens with zero attached hydrogens (tertiary/aromatic N) is 4. The van der Waals surface area contributed by atoms with Crippen LogP contribution in [0.5, 0.6) is 0 Å². The van der Waals surface area contributed by atoms with Gasteiger partial charge in [-0.15, -0.1) is 0 Å². The highest BCUT2D eigenvalue weighted by molar-refractivity contribution is 8.18. The number of nitro groups is 1. The molecular weight excluding hydrogens is 452 g/mol. The van der Waals surface area contributed by atoms with Crippen molar-refractivity contribution >= 4 is 40.3 Å². The topological polar surface area (TPSA) is 92.2 Å². The van der Waals surface area contributed by atoms with Gasteiger partial charge in [-0.2, -0.15) is 4.99 Å². The molecule has 2 aliphatic heterocycles. The maximum Gasteiger partial charge on any atom is 0.286 e. The molecule has 0 aliphatic carbocycles. The Bertz CT molecular complexity index is 1290. The highest BCUT2D eigenvalue weighted by atomic mass is 32.2. The summed E-state index contributed by atoms with van der Waals surface area (Å²) in [5.74, 6) is 0.838. The van der Waals surface area contributed by atoms with Crippen LogP contribution in [0.4, 0.5) is 11.4 Å². The average Bonchev–Trinajstić information content (AvgIpc) is 3.47. The average molecular weight is 475 g/mol. The molecule has 2 aliphatic rings. The molecule has 0 bridgehead atoms. The van der Waals surface area contributed by atoms with Gasteiger partial charge in [0.25, 0.3) is 11.6 Å². The van der Waals surface area contributed by atoms with Gasteiger partial charge in [0.15, 0.2) is 5.17 Å². The molecule has 1 amide bonds. The second kappa shape index (κ2) is 9.18. The molecule has 34 heavy (non-hydrogen) atoms. The van der Waals surface area contributed by atoms with Gasteiger partial charge in [-0.05, 0) is 55.1 Å². The van der Waals surface area contributed by atoms with Crippen LogP contribution in [0.15, 0.2) is 75.0 Å². The highest BCUT2D eigenvalue weighted by Crippen LogP contribution is 2.32. The van der Waals surface area contributed by atoms with Crippen molar-refractivity contribution in [2.45, 2.75) is 6.92 Å². The Morgan fingerprint density at radius 3 is 2.32 bits per heavy atom. The van der Waals surface area contributed by atoms with E-state index < -0.39 is 4.92 Å². The Hall–Kier alpha value is -3.85. The van der Waals surface area contributed by atoms with Gasteiger partial charge in [0, 0.05) is 55.6 Å². The lowest BCUT2D eigenvalue weighted by atomic mass is 10.1. The van der Waals surface area contributed by atoms with Crippen molar-refractivity contribution in [2.75, 3.05) is 31.1 Å². The van der Waals surface area contributed by atoms with Gasteiger partial charge in [0.1, 0.15) is 11.5 Å². The second-order valence-electron chi connectivity index (χ2n) is 8.13. The molecule has 0 atom stereocenters. The smallest absolute Gasteiger partial charge is 0.286 e. The Balaban J connectivity index is 1.22. The van der Waals surface area contributed by atoms with Gasteiger partial charge in [-0.3, -0.25) is 14.9 Å². The molecule has 172 valence electrons. The first-order valence-electron chi connectivity index (χ1n) is 10.9. The maximum absolute atomic E-state index is 12.5. The monoisotopic (exact) mass is 474 g/mol. The van der Waals surface area contributed by atoms with E-state index in [0.717, 1.165) is 36.9 Å². The van der Waals surface area contributed by atoms with Crippen LogP contribution in [0.3, 0.4) is 0 Å². The fourth-order valence-corrected chi connectivity index (χ4v) is 4.85. The molecule has 0 unspecified atom stereocenters. The summed E-state index contributed by atoms with van der Waals surface area (Å²) in [5.41, 5.74) is 3.21. The number of furan rings is 1. The summed E-state index contributed by atoms with van der Waals surface area (Å²) in [5, 5.41) is 11.6. The first kappa shape index (κ1) is 22.0. The van der Waals surface area contributed by atoms with Gasteiger partial charge < -0.3 is 14.2 Å². The third kappa shape index (κ3) is 4.60. The van der Waals surface area contributed by atoms with E-state index in [4.69, 9.17) is 4.42 Å². The lowest BCUT2D eigenvalue weighted by molar-refractivity contribution is -0.384. The van der Waals surface area contributed by atoms with Gasteiger partial charge in [-0.1, -0.05) is 17.7 Å². The van der Waals surface area contributed by atoms with E-state index in [-0.39, 0.29) is 11.6 Å². The number of piperazine rings is 1. The van der Waals surface area contributed by atoms with E-state index in [1.807, 2.05) is 0 Å². The van der Waals surface area contributed by atoms with Gasteiger partial charge in [0.05, 0.1) is 9.83 Å². The number of hydrogen-bond acceptors (Lipinski definition) is 7. The number of aryl methyl sites for hydroxylation is 1. The van der Waals surface area contributed by atoms with Crippen molar-refractivity contribution in [3.63, 3.8) is 0 Å². The van der Waals surface area contributed by atoms with Crippen LogP contribution < -0.4 is 4.90 Å². The van der Waals surface area contributed by atoms with Gasteiger partial charge in [0.2, 0.25) is 0 Å². The Kier molecular flexibility index (Phi) is 5.93. The number of rotatable bonds is 4. The largest absolute Gasteiger partial charge is 0.457 e. The van der Waals surface area contributed by atoms with Crippen LogP contribution in [0, 0.1) is 17.0 Å². The third-order valence-corrected chi connectivity index (χ3v) is 6.87. The van der Waals surface area contributed by atoms with Crippen LogP contribution in [-0.4, -0.2) is 47.1 Å². The zero-order chi connectivity index (χ0) is 23.7. The number of carbonyl (C=O) groups excluding carboxylic acids is 1. The van der Waals surface area contributed by atoms with Crippen LogP contribution >= 0.6 is 11.8 Å². The minimum absolute atomic E-state index is 0.0231. The molecule has 0 N–H and O–H groups in total. The lowest BCUT2D eigenvalue weighted by Gasteiger charge is -2.36. The summed E-state index contributed by atoms with van der Waals surface area (Å²) in [4.78, 5) is 32.2. The zero-order valence-corrected chi connectivity index (χ0v) is 19.3. The van der Waals surface area contributed by atoms with Crippen LogP contribution in [-0.2, 0) is 4.79 Å². The Morgan fingerprint density at radius 2 is 1.65 bits per heavy atom. The molecule has 8 nitrogen and oxygen atoms in total. The van der Waals surface area contributed by atoms with Crippen molar-refractivity contribution < 1.29 is 14.1 Å². The van der Waals surface area contributed by atoms with Crippen molar-refractivity contribution in [1.29, 1.82) is 0 Å². The fourth-order valence-electron chi connectivity index (χ4n) is 3.91. The number of benzene rings is 2. The first-order chi connectivity index (χ1) is 16.5. The minimum atomic E-state index is -0.440. The fraction of sp³-hybridized carbons (Fsp3) is 0.200. The number of amides is 1. The molecule has 5 rings (SSSR count). The van der Waals surface area contributed by atoms with E-state index in [1.54, 1.807) is 30.3 Å². The van der Waals surface area contributed by atoms with Crippen LogP contribution in [0.25, 0.3) is 17.4 Å². The summed E-state index contributed by atoms with van der Waals surface area (Å²) in [7, 11) is 0. The van der Waals surface area contributed by atoms with E-state index in [2.05, 4.69) is 46.0 Å². The molecule has 1 fully saturated rings. The van der Waals surface area contributed by atoms with Crippen LogP contribution in [0.1, 0.15) is 11.3 Å². The molecule has 9 heteroatoms. The molecule has 2 aromatic carbocycles. The van der Waals surface area contributed by atoms with Crippen LogP contribution in [0.2, 0.25) is 0 Å². The lowest BCUT2D eigenvalue weighted by Crippen LogP contribution is -2.47. The third-order valence-electron chi connectivity index (χ3n) is 5.82. The summed E-state index contributed by atoms with van der Waals surface area (Å²) < 4.78 is 5.85. The molecule has 1 saturated heterocycles. The number of nitro benzene ring substituents is 1. The molecule has 3 heterocycles.